The summed E-state index contributed by atoms with van der Waals surface area (Å²) in [5.41, 5.74) is 11.3. The number of primary amides is 1. The zero-order valence-electron chi connectivity index (χ0n) is 11.0. The number of hydrogen-bond acceptors (Lipinski definition) is 5. The predicted octanol–water partition coefficient (Wildman–Crippen LogP) is 1.37. The van der Waals surface area contributed by atoms with Crippen LogP contribution in [0.4, 0.5) is 5.69 Å². The highest BCUT2D eigenvalue weighted by Crippen LogP contribution is 2.35. The van der Waals surface area contributed by atoms with Crippen molar-refractivity contribution in [3.8, 4) is 0 Å². The van der Waals surface area contributed by atoms with E-state index in [2.05, 4.69) is 5.32 Å². The second-order valence-corrected chi connectivity index (χ2v) is 5.75. The van der Waals surface area contributed by atoms with Gasteiger partial charge in [0.15, 0.2) is 0 Å². The Morgan fingerprint density at radius 3 is 2.86 bits per heavy atom. The topological polar surface area (TPSA) is 107 Å². The van der Waals surface area contributed by atoms with E-state index < -0.39 is 5.91 Å². The van der Waals surface area contributed by atoms with Gasteiger partial charge in [0.1, 0.15) is 11.5 Å². The van der Waals surface area contributed by atoms with E-state index in [0.717, 1.165) is 10.1 Å². The number of nitrogen functional groups attached to an aromatic ring is 1. The lowest BCUT2D eigenvalue weighted by molar-refractivity contribution is -0.122. The maximum Gasteiger partial charge on any atom is 0.263 e. The number of nitrogens with two attached hydrogens (primary N) is 2. The average Bonchev–Trinajstić information content (AvgIpc) is 2.74. The van der Waals surface area contributed by atoms with Crippen LogP contribution in [0.2, 0.25) is 5.02 Å². The van der Waals surface area contributed by atoms with Crippen molar-refractivity contribution >= 4 is 50.5 Å². The third kappa shape index (κ3) is 3.84. The number of thiophene rings is 1. The molecule has 0 bridgehead atoms. The Kier molecular flexibility index (Phi) is 5.00. The molecule has 0 atom stereocenters. The largest absolute Gasteiger partial charge is 0.397 e. The minimum Gasteiger partial charge on any atom is -0.397 e. The van der Waals surface area contributed by atoms with Gasteiger partial charge in [-0.05, 0) is 18.2 Å². The lowest BCUT2D eigenvalue weighted by Crippen LogP contribution is -2.28. The van der Waals surface area contributed by atoms with Gasteiger partial charge < -0.3 is 21.5 Å². The first-order chi connectivity index (χ1) is 9.99. The SMILES string of the molecule is NC(=O)COCCNC(=O)c1sc2cc(Cl)ccc2c1N. The molecule has 21 heavy (non-hydrogen) atoms. The molecule has 0 aliphatic heterocycles. The standard InChI is InChI=1S/C13H14ClN3O3S/c14-7-1-2-8-9(5-7)21-12(11(8)16)13(19)17-3-4-20-6-10(15)18/h1-2,5H,3-4,6,16H2,(H2,15,18)(H,17,19). The van der Waals surface area contributed by atoms with E-state index in [1.165, 1.54) is 11.3 Å². The molecule has 0 unspecified atom stereocenters. The van der Waals surface area contributed by atoms with Crippen LogP contribution >= 0.6 is 22.9 Å². The number of nitrogens with one attached hydrogen (secondary N) is 1. The van der Waals surface area contributed by atoms with E-state index in [9.17, 15) is 9.59 Å². The van der Waals surface area contributed by atoms with Gasteiger partial charge in [-0.1, -0.05) is 11.6 Å². The highest BCUT2D eigenvalue weighted by atomic mass is 35.5. The first-order valence-corrected chi connectivity index (χ1v) is 7.30. The highest BCUT2D eigenvalue weighted by molar-refractivity contribution is 7.21. The quantitative estimate of drug-likeness (QED) is 0.696. The van der Waals surface area contributed by atoms with Crippen LogP contribution in [-0.2, 0) is 9.53 Å². The molecule has 1 heterocycles. The number of halogens is 1. The molecule has 2 aromatic rings. The predicted molar refractivity (Wildman–Crippen MR) is 83.6 cm³/mol. The summed E-state index contributed by atoms with van der Waals surface area (Å²) in [6.07, 6.45) is 0. The van der Waals surface area contributed by atoms with Gasteiger partial charge in [0.25, 0.3) is 5.91 Å². The number of benzene rings is 1. The Morgan fingerprint density at radius 1 is 1.38 bits per heavy atom. The van der Waals surface area contributed by atoms with E-state index in [0.29, 0.717) is 15.6 Å². The van der Waals surface area contributed by atoms with Crippen molar-refractivity contribution in [3.05, 3.63) is 28.1 Å². The minimum atomic E-state index is -0.549. The van der Waals surface area contributed by atoms with Crippen molar-refractivity contribution in [2.75, 3.05) is 25.5 Å². The Morgan fingerprint density at radius 2 is 2.14 bits per heavy atom. The van der Waals surface area contributed by atoms with Crippen LogP contribution < -0.4 is 16.8 Å². The molecule has 0 radical (unpaired) electrons. The summed E-state index contributed by atoms with van der Waals surface area (Å²) >= 11 is 7.19. The Bertz CT molecular complexity index is 687. The number of carbonyl (C=O) groups excluding carboxylic acids is 2. The number of rotatable bonds is 6. The number of amides is 2. The smallest absolute Gasteiger partial charge is 0.263 e. The van der Waals surface area contributed by atoms with Crippen molar-refractivity contribution in [2.45, 2.75) is 0 Å². The molecule has 1 aromatic heterocycles. The van der Waals surface area contributed by atoms with Gasteiger partial charge in [0, 0.05) is 21.7 Å². The van der Waals surface area contributed by atoms with Crippen LogP contribution in [0.15, 0.2) is 18.2 Å². The van der Waals surface area contributed by atoms with Crippen molar-refractivity contribution in [2.24, 2.45) is 5.73 Å². The number of fused-ring (bicyclic) bond motifs is 1. The third-order valence-electron chi connectivity index (χ3n) is 2.67. The molecule has 8 heteroatoms. The van der Waals surface area contributed by atoms with Crippen molar-refractivity contribution in [1.29, 1.82) is 0 Å². The zero-order chi connectivity index (χ0) is 15.4. The molecule has 2 amide bonds. The normalized spacial score (nSPS) is 10.7. The third-order valence-corrected chi connectivity index (χ3v) is 4.08. The van der Waals surface area contributed by atoms with Gasteiger partial charge in [-0.25, -0.2) is 0 Å². The summed E-state index contributed by atoms with van der Waals surface area (Å²) in [6.45, 7) is 0.297. The first-order valence-electron chi connectivity index (χ1n) is 6.11. The van der Waals surface area contributed by atoms with Crippen molar-refractivity contribution in [1.82, 2.24) is 5.32 Å². The van der Waals surface area contributed by atoms with Crippen LogP contribution in [-0.4, -0.2) is 31.6 Å². The van der Waals surface area contributed by atoms with E-state index in [-0.39, 0.29) is 25.7 Å². The Hall–Kier alpha value is -1.83. The average molecular weight is 328 g/mol. The van der Waals surface area contributed by atoms with Gasteiger partial charge >= 0.3 is 0 Å². The molecular weight excluding hydrogens is 314 g/mol. The fourth-order valence-corrected chi connectivity index (χ4v) is 3.06. The van der Waals surface area contributed by atoms with Crippen LogP contribution in [0.5, 0.6) is 0 Å². The van der Waals surface area contributed by atoms with E-state index in [1.807, 2.05) is 0 Å². The van der Waals surface area contributed by atoms with Crippen LogP contribution in [0, 0.1) is 0 Å². The zero-order valence-corrected chi connectivity index (χ0v) is 12.6. The molecule has 6 nitrogen and oxygen atoms in total. The first kappa shape index (κ1) is 15.6. The summed E-state index contributed by atoms with van der Waals surface area (Å²) in [5, 5.41) is 4.07. The summed E-state index contributed by atoms with van der Waals surface area (Å²) in [4.78, 5) is 23.0. The van der Waals surface area contributed by atoms with Crippen molar-refractivity contribution < 1.29 is 14.3 Å². The van der Waals surface area contributed by atoms with Crippen LogP contribution in [0.25, 0.3) is 10.1 Å². The van der Waals surface area contributed by atoms with Gasteiger partial charge in [0.2, 0.25) is 5.91 Å². The molecule has 0 aliphatic carbocycles. The second kappa shape index (κ2) is 6.75. The summed E-state index contributed by atoms with van der Waals surface area (Å²) in [6, 6.07) is 5.28. The van der Waals surface area contributed by atoms with Gasteiger partial charge in [-0.3, -0.25) is 9.59 Å². The maximum atomic E-state index is 12.1. The minimum absolute atomic E-state index is 0.167. The molecule has 5 N–H and O–H groups in total. The molecule has 2 rings (SSSR count). The Balaban J connectivity index is 1.99. The lowest BCUT2D eigenvalue weighted by Gasteiger charge is -2.04. The van der Waals surface area contributed by atoms with Gasteiger partial charge in [-0.15, -0.1) is 11.3 Å². The fourth-order valence-electron chi connectivity index (χ4n) is 1.75. The molecule has 0 aliphatic rings. The molecule has 0 spiro atoms. The lowest BCUT2D eigenvalue weighted by atomic mass is 10.2. The summed E-state index contributed by atoms with van der Waals surface area (Å²) in [5.74, 6) is -0.834. The summed E-state index contributed by atoms with van der Waals surface area (Å²) < 4.78 is 5.81. The van der Waals surface area contributed by atoms with E-state index in [4.69, 9.17) is 27.8 Å². The molecule has 0 saturated carbocycles. The monoisotopic (exact) mass is 327 g/mol. The number of hydrogen-bond donors (Lipinski definition) is 3. The van der Waals surface area contributed by atoms with E-state index >= 15 is 0 Å². The summed E-state index contributed by atoms with van der Waals surface area (Å²) in [7, 11) is 0. The van der Waals surface area contributed by atoms with Gasteiger partial charge in [-0.2, -0.15) is 0 Å². The van der Waals surface area contributed by atoms with Crippen LogP contribution in [0.1, 0.15) is 9.67 Å². The molecule has 1 aromatic carbocycles. The highest BCUT2D eigenvalue weighted by Gasteiger charge is 2.16. The molecule has 0 fully saturated rings. The Labute approximate surface area is 130 Å². The molecular formula is C13H14ClN3O3S. The van der Waals surface area contributed by atoms with Crippen LogP contribution in [0.3, 0.4) is 0 Å². The number of ether oxygens (including phenoxy) is 1. The second-order valence-electron chi connectivity index (χ2n) is 4.26. The maximum absolute atomic E-state index is 12.1. The molecule has 112 valence electrons. The number of anilines is 1. The van der Waals surface area contributed by atoms with Gasteiger partial charge in [0.05, 0.1) is 12.3 Å². The molecule has 0 saturated heterocycles. The fraction of sp³-hybridized carbons (Fsp3) is 0.231. The van der Waals surface area contributed by atoms with Crippen molar-refractivity contribution in [3.63, 3.8) is 0 Å². The van der Waals surface area contributed by atoms with E-state index in [1.54, 1.807) is 18.2 Å². The number of carbonyl (C=O) groups is 2.